The smallest absolute Gasteiger partial charge is 0.317 e. The van der Waals surface area contributed by atoms with Crippen LogP contribution in [0.15, 0.2) is 24.3 Å². The Balaban J connectivity index is 1.50. The number of hydrogen-bond acceptors (Lipinski definition) is 6. The van der Waals surface area contributed by atoms with Gasteiger partial charge in [-0.05, 0) is 12.8 Å². The summed E-state index contributed by atoms with van der Waals surface area (Å²) in [7, 11) is -3.27. The molecule has 0 saturated carbocycles. The lowest BCUT2D eigenvalue weighted by atomic mass is 10.0. The minimum absolute atomic E-state index is 0.230. The Morgan fingerprint density at radius 1 is 0.688 bits per heavy atom. The molecule has 0 bridgehead atoms. The maximum absolute atomic E-state index is 11.7. The molecule has 2 heterocycles. The first-order valence-electron chi connectivity index (χ1n) is 11.6. The van der Waals surface area contributed by atoms with Gasteiger partial charge in [0.05, 0.1) is 40.8 Å². The zero-order valence-electron chi connectivity index (χ0n) is 19.6. The molecule has 0 amide bonds. The van der Waals surface area contributed by atoms with Crippen LogP contribution < -0.4 is 10.4 Å². The molecule has 8 heteroatoms. The quantitative estimate of drug-likeness (QED) is 0.294. The largest absolute Gasteiger partial charge is 0.393 e. The summed E-state index contributed by atoms with van der Waals surface area (Å²) in [5.41, 5.74) is 0. The minimum atomic E-state index is -1.63. The lowest BCUT2D eigenvalue weighted by Crippen LogP contribution is -2.45. The fourth-order valence-electron chi connectivity index (χ4n) is 4.73. The van der Waals surface area contributed by atoms with Crippen molar-refractivity contribution in [1.82, 2.24) is 0 Å². The van der Waals surface area contributed by atoms with Crippen LogP contribution in [0.2, 0.25) is 38.3 Å². The first kappa shape index (κ1) is 24.6. The van der Waals surface area contributed by atoms with E-state index in [1.54, 1.807) is 0 Å². The Bertz CT molecular complexity index is 817. The molecule has 0 aromatic heterocycles. The van der Waals surface area contributed by atoms with E-state index in [1.165, 1.54) is 10.4 Å². The van der Waals surface area contributed by atoms with Crippen molar-refractivity contribution in [3.8, 4) is 0 Å². The number of carbonyl (C=O) groups excluding carboxylic acids is 4. The van der Waals surface area contributed by atoms with Gasteiger partial charge in [0, 0.05) is 0 Å². The van der Waals surface area contributed by atoms with Crippen LogP contribution in [0.5, 0.6) is 0 Å². The minimum Gasteiger partial charge on any atom is -0.393 e. The molecule has 1 aromatic carbocycles. The molecule has 0 N–H and O–H groups in total. The number of cyclic esters (lactones) is 4. The highest BCUT2D eigenvalue weighted by atomic mass is 28.3. The van der Waals surface area contributed by atoms with Gasteiger partial charge in [-0.2, -0.15) is 0 Å². The highest BCUT2D eigenvalue weighted by Gasteiger charge is 2.35. The van der Waals surface area contributed by atoms with Crippen molar-refractivity contribution in [2.45, 2.75) is 76.8 Å². The molecular weight excluding hydrogens is 440 g/mol. The zero-order valence-corrected chi connectivity index (χ0v) is 21.6. The molecule has 3 rings (SSSR count). The number of ether oxygens (including phenoxy) is 2. The SMILES string of the molecule is C[Si](C)(CCCC1CC(=O)OC1=O)c1ccc([Si](C)(C)CCCC2CC(=O)OC2=O)cc1. The van der Waals surface area contributed by atoms with E-state index in [0.29, 0.717) is 0 Å². The van der Waals surface area contributed by atoms with Crippen molar-refractivity contribution in [3.63, 3.8) is 0 Å². The second kappa shape index (κ2) is 9.83. The number of carbonyl (C=O) groups is 4. The van der Waals surface area contributed by atoms with Crippen LogP contribution in [0.3, 0.4) is 0 Å². The predicted molar refractivity (Wildman–Crippen MR) is 127 cm³/mol. The second-order valence-corrected chi connectivity index (χ2v) is 20.2. The summed E-state index contributed by atoms with van der Waals surface area (Å²) in [4.78, 5) is 45.8. The summed E-state index contributed by atoms with van der Waals surface area (Å²) in [6.07, 6.45) is 3.76. The highest BCUT2D eigenvalue weighted by Crippen LogP contribution is 2.26. The molecule has 2 aliphatic heterocycles. The van der Waals surface area contributed by atoms with Crippen molar-refractivity contribution in [2.24, 2.45) is 11.8 Å². The van der Waals surface area contributed by atoms with Crippen molar-refractivity contribution in [1.29, 1.82) is 0 Å². The normalized spacial score (nSPS) is 21.8. The summed E-state index contributed by atoms with van der Waals surface area (Å²) in [5.74, 6) is -2.02. The van der Waals surface area contributed by atoms with Crippen LogP contribution in [0.1, 0.15) is 38.5 Å². The van der Waals surface area contributed by atoms with Gasteiger partial charge in [-0.25, -0.2) is 0 Å². The number of rotatable bonds is 10. The highest BCUT2D eigenvalue weighted by molar-refractivity contribution is 6.91. The fraction of sp³-hybridized carbons (Fsp3) is 0.583. The first-order valence-corrected chi connectivity index (χ1v) is 18.0. The third-order valence-electron chi connectivity index (χ3n) is 7.08. The molecular formula is C24H34O6Si2. The fourth-order valence-corrected chi connectivity index (χ4v) is 9.62. The van der Waals surface area contributed by atoms with Crippen LogP contribution >= 0.6 is 0 Å². The molecule has 0 radical (unpaired) electrons. The molecule has 1 aromatic rings. The average Bonchev–Trinajstić information content (AvgIpc) is 3.21. The summed E-state index contributed by atoms with van der Waals surface area (Å²) in [6, 6.07) is 11.2. The molecule has 6 nitrogen and oxygen atoms in total. The van der Waals surface area contributed by atoms with E-state index in [-0.39, 0.29) is 36.6 Å². The van der Waals surface area contributed by atoms with Crippen LogP contribution in [0.4, 0.5) is 0 Å². The van der Waals surface area contributed by atoms with Gasteiger partial charge >= 0.3 is 23.9 Å². The number of esters is 4. The monoisotopic (exact) mass is 474 g/mol. The van der Waals surface area contributed by atoms with E-state index in [4.69, 9.17) is 0 Å². The van der Waals surface area contributed by atoms with Crippen molar-refractivity contribution < 1.29 is 28.7 Å². The zero-order chi connectivity index (χ0) is 23.5. The lowest BCUT2D eigenvalue weighted by molar-refractivity contribution is -0.154. The molecule has 2 unspecified atom stereocenters. The molecule has 0 aliphatic carbocycles. The van der Waals surface area contributed by atoms with Gasteiger partial charge in [0.1, 0.15) is 0 Å². The molecule has 2 aliphatic rings. The van der Waals surface area contributed by atoms with Gasteiger partial charge in [-0.1, -0.05) is 85.8 Å². The molecule has 2 saturated heterocycles. The Morgan fingerprint density at radius 3 is 1.31 bits per heavy atom. The summed E-state index contributed by atoms with van der Waals surface area (Å²) < 4.78 is 9.30. The van der Waals surface area contributed by atoms with E-state index in [0.717, 1.165) is 37.8 Å². The Kier molecular flexibility index (Phi) is 7.55. The third kappa shape index (κ3) is 6.04. The predicted octanol–water partition coefficient (Wildman–Crippen LogP) is 3.26. The summed E-state index contributed by atoms with van der Waals surface area (Å²) in [5, 5.41) is 2.81. The van der Waals surface area contributed by atoms with Gasteiger partial charge in [-0.15, -0.1) is 0 Å². The topological polar surface area (TPSA) is 86.7 Å². The Labute approximate surface area is 192 Å². The molecule has 174 valence electrons. The van der Waals surface area contributed by atoms with Crippen LogP contribution in [0.25, 0.3) is 0 Å². The second-order valence-electron chi connectivity index (χ2n) is 10.5. The van der Waals surface area contributed by atoms with Gasteiger partial charge in [0.2, 0.25) is 0 Å². The molecule has 2 fully saturated rings. The van der Waals surface area contributed by atoms with E-state index < -0.39 is 28.1 Å². The third-order valence-corrected chi connectivity index (χ3v) is 14.1. The van der Waals surface area contributed by atoms with E-state index in [2.05, 4.69) is 59.9 Å². The van der Waals surface area contributed by atoms with Crippen molar-refractivity contribution in [3.05, 3.63) is 24.3 Å². The van der Waals surface area contributed by atoms with Crippen molar-refractivity contribution >= 4 is 50.4 Å². The van der Waals surface area contributed by atoms with Gasteiger partial charge in [0.15, 0.2) is 0 Å². The van der Waals surface area contributed by atoms with Gasteiger partial charge in [0.25, 0.3) is 0 Å². The van der Waals surface area contributed by atoms with E-state index >= 15 is 0 Å². The van der Waals surface area contributed by atoms with Gasteiger partial charge < -0.3 is 9.47 Å². The lowest BCUT2D eigenvalue weighted by Gasteiger charge is -2.27. The molecule has 2 atom stereocenters. The van der Waals surface area contributed by atoms with Crippen molar-refractivity contribution in [2.75, 3.05) is 0 Å². The average molecular weight is 475 g/mol. The summed E-state index contributed by atoms with van der Waals surface area (Å²) in [6.45, 7) is 9.41. The van der Waals surface area contributed by atoms with Gasteiger partial charge in [-0.3, -0.25) is 19.2 Å². The standard InChI is InChI=1S/C24H34O6Si2/c1-31(2,13-5-7-17-15-21(25)29-23(17)27)19-9-11-20(12-10-19)32(3,4)14-6-8-18-16-22(26)30-24(18)28/h9-12,17-18H,5-8,13-16H2,1-4H3. The first-order chi connectivity index (χ1) is 15.0. The number of hydrogen-bond donors (Lipinski definition) is 0. The van der Waals surface area contributed by atoms with Crippen LogP contribution in [-0.2, 0) is 28.7 Å². The summed E-state index contributed by atoms with van der Waals surface area (Å²) >= 11 is 0. The maximum Gasteiger partial charge on any atom is 0.317 e. The van der Waals surface area contributed by atoms with E-state index in [9.17, 15) is 19.2 Å². The molecule has 0 spiro atoms. The molecule has 32 heavy (non-hydrogen) atoms. The number of benzene rings is 1. The maximum atomic E-state index is 11.7. The van der Waals surface area contributed by atoms with Crippen LogP contribution in [0, 0.1) is 11.8 Å². The Hall–Kier alpha value is -2.07. The van der Waals surface area contributed by atoms with E-state index in [1.807, 2.05) is 0 Å². The Morgan fingerprint density at radius 2 is 1.03 bits per heavy atom. The van der Waals surface area contributed by atoms with Crippen LogP contribution in [-0.4, -0.2) is 40.0 Å².